The molecule has 1 aromatic carbocycles. The quantitative estimate of drug-likeness (QED) is 0.0871. The van der Waals surface area contributed by atoms with Gasteiger partial charge in [-0.05, 0) is 43.9 Å². The molecule has 19 heteroatoms. The number of halogens is 3. The number of aromatic amines is 1. The molecule has 280 valence electrons. The van der Waals surface area contributed by atoms with E-state index in [0.29, 0.717) is 43.3 Å². The Hall–Kier alpha value is -3.88. The molecule has 2 fully saturated rings. The third-order valence-electron chi connectivity index (χ3n) is 9.32. The molecule has 0 bridgehead atoms. The van der Waals surface area contributed by atoms with Crippen LogP contribution in [0.1, 0.15) is 38.1 Å². The van der Waals surface area contributed by atoms with Crippen LogP contribution in [0.25, 0.3) is 11.3 Å². The molecule has 3 aliphatic rings. The zero-order valence-electron chi connectivity index (χ0n) is 27.8. The number of alkyl halides is 1. The monoisotopic (exact) mass is 741 g/mol. The van der Waals surface area contributed by atoms with E-state index in [4.69, 9.17) is 4.74 Å². The zero-order valence-corrected chi connectivity index (χ0v) is 28.6. The van der Waals surface area contributed by atoms with Crippen LogP contribution in [0.15, 0.2) is 36.5 Å². The van der Waals surface area contributed by atoms with Crippen LogP contribution >= 0.6 is 0 Å². The summed E-state index contributed by atoms with van der Waals surface area (Å²) in [6, 6.07) is 0.975. The van der Waals surface area contributed by atoms with Crippen molar-refractivity contribution in [3.8, 4) is 11.3 Å². The smallest absolute Gasteiger partial charge is 0.318 e. The molecule has 6 N–H and O–H groups in total. The maximum atomic E-state index is 15.0. The fourth-order valence-corrected chi connectivity index (χ4v) is 7.30. The van der Waals surface area contributed by atoms with Crippen molar-refractivity contribution >= 4 is 28.0 Å². The van der Waals surface area contributed by atoms with Gasteiger partial charge in [-0.2, -0.15) is 8.42 Å². The van der Waals surface area contributed by atoms with Crippen LogP contribution in [-0.2, 0) is 24.4 Å². The molecule has 51 heavy (non-hydrogen) atoms. The number of nitrogens with one attached hydrogen (secondary N) is 4. The molecule has 4 heterocycles. The Morgan fingerprint density at radius 3 is 2.53 bits per heavy atom. The van der Waals surface area contributed by atoms with Crippen LogP contribution in [0.4, 0.5) is 18.0 Å². The second-order valence-electron chi connectivity index (χ2n) is 13.1. The summed E-state index contributed by atoms with van der Waals surface area (Å²) in [6.45, 7) is 2.05. The number of aliphatic hydroxyl groups excluding tert-OH is 1. The molecule has 3 aliphatic heterocycles. The van der Waals surface area contributed by atoms with Gasteiger partial charge < -0.3 is 30.4 Å². The number of rotatable bonds is 15. The lowest BCUT2D eigenvalue weighted by Gasteiger charge is -2.39. The highest BCUT2D eigenvalue weighted by molar-refractivity contribution is 7.86. The molecular weight excluding hydrogens is 699 g/mol. The molecule has 0 aliphatic carbocycles. The minimum Gasteiger partial charge on any atom is -0.381 e. The van der Waals surface area contributed by atoms with Crippen LogP contribution in [0, 0.1) is 23.5 Å². The Labute approximate surface area is 292 Å². The highest BCUT2D eigenvalue weighted by Crippen LogP contribution is 2.36. The SMILES string of the molecule is C[C@@H](CNC(O)C[C@@H](CN1C(=O)C=CC1=O)S(=O)(=O)O)NC(=O)N(C[C@@H]1CNC[C@@H]1F)[C@@H](c1ncc(-c2cc(F)ccc2F)[nH]1)C1CCOCC1. The number of amides is 4. The molecular formula is C32H42F3N7O8S. The normalized spacial score (nSPS) is 22.3. The first kappa shape index (κ1) is 38.4. The first-order chi connectivity index (χ1) is 24.2. The number of carbonyl (C=O) groups excluding carboxylic acids is 3. The first-order valence-corrected chi connectivity index (χ1v) is 18.1. The second kappa shape index (κ2) is 16.6. The number of imide groups is 1. The van der Waals surface area contributed by atoms with E-state index >= 15 is 0 Å². The predicted octanol–water partition coefficient (Wildman–Crippen LogP) is 1.26. The van der Waals surface area contributed by atoms with E-state index in [1.807, 2.05) is 0 Å². The second-order valence-corrected chi connectivity index (χ2v) is 14.8. The standard InChI is InChI=1S/C32H42F3N7O8S/c1-18(12-37-27(43)11-22(51(47,48)49)17-41-28(44)4-5-29(41)45)39-32(46)42(16-20-13-36-14-25(20)35)30(19-6-8-50-9-7-19)31-38-15-26(40-31)23-10-21(33)2-3-24(23)34/h2-5,10,15,18-20,22,25,27,30,36-37,43H,6-9,11-14,16-17H2,1H3,(H,38,40)(H,39,46)(H,47,48,49)/t18-,20-,22-,25-,27?,30+/m0/s1. The van der Waals surface area contributed by atoms with Gasteiger partial charge in [0.25, 0.3) is 21.9 Å². The predicted molar refractivity (Wildman–Crippen MR) is 176 cm³/mol. The van der Waals surface area contributed by atoms with Crippen LogP contribution in [-0.4, -0.2) is 125 Å². The van der Waals surface area contributed by atoms with E-state index in [2.05, 4.69) is 25.9 Å². The van der Waals surface area contributed by atoms with E-state index in [0.717, 1.165) is 30.4 Å². The number of carbonyl (C=O) groups is 3. The van der Waals surface area contributed by atoms with Crippen molar-refractivity contribution < 1.29 is 50.4 Å². The van der Waals surface area contributed by atoms with Crippen molar-refractivity contribution in [2.24, 2.45) is 11.8 Å². The number of aromatic nitrogens is 2. The van der Waals surface area contributed by atoms with Gasteiger partial charge >= 0.3 is 6.03 Å². The molecule has 2 aromatic rings. The lowest BCUT2D eigenvalue weighted by atomic mass is 9.89. The molecule has 0 spiro atoms. The topological polar surface area (TPSA) is 206 Å². The molecule has 5 rings (SSSR count). The van der Waals surface area contributed by atoms with Crippen molar-refractivity contribution in [3.05, 3.63) is 54.0 Å². The van der Waals surface area contributed by atoms with Crippen molar-refractivity contribution in [1.29, 1.82) is 0 Å². The van der Waals surface area contributed by atoms with Gasteiger partial charge in [0.2, 0.25) is 0 Å². The van der Waals surface area contributed by atoms with Gasteiger partial charge in [0, 0.05) is 82.0 Å². The zero-order chi connectivity index (χ0) is 36.9. The van der Waals surface area contributed by atoms with E-state index < -0.39 is 88.2 Å². The van der Waals surface area contributed by atoms with Crippen molar-refractivity contribution in [2.75, 3.05) is 45.9 Å². The minimum atomic E-state index is -4.79. The number of hydrogen-bond acceptors (Lipinski definition) is 10. The molecule has 0 saturated carbocycles. The van der Waals surface area contributed by atoms with E-state index in [1.165, 1.54) is 11.1 Å². The molecule has 1 unspecified atom stereocenters. The Balaban J connectivity index is 1.32. The Morgan fingerprint density at radius 2 is 1.88 bits per heavy atom. The Bertz CT molecular complexity index is 1690. The lowest BCUT2D eigenvalue weighted by molar-refractivity contribution is -0.136. The van der Waals surface area contributed by atoms with Crippen LogP contribution in [0.5, 0.6) is 0 Å². The van der Waals surface area contributed by atoms with E-state index in [1.54, 1.807) is 6.92 Å². The van der Waals surface area contributed by atoms with Crippen LogP contribution < -0.4 is 16.0 Å². The number of ether oxygens (including phenoxy) is 1. The summed E-state index contributed by atoms with van der Waals surface area (Å²) in [5.41, 5.74) is 0.138. The number of hydrogen-bond donors (Lipinski definition) is 6. The van der Waals surface area contributed by atoms with Gasteiger partial charge in [-0.1, -0.05) is 0 Å². The van der Waals surface area contributed by atoms with Gasteiger partial charge in [-0.3, -0.25) is 24.4 Å². The molecule has 6 atom stereocenters. The minimum absolute atomic E-state index is 0.0198. The summed E-state index contributed by atoms with van der Waals surface area (Å²) in [7, 11) is -4.79. The highest BCUT2D eigenvalue weighted by atomic mass is 32.2. The number of nitrogens with zero attached hydrogens (tertiary/aromatic N) is 3. The summed E-state index contributed by atoms with van der Waals surface area (Å²) in [5.74, 6) is -3.31. The molecule has 4 amide bonds. The summed E-state index contributed by atoms with van der Waals surface area (Å²) in [6.07, 6.45) is 0.973. The lowest BCUT2D eigenvalue weighted by Crippen LogP contribution is -2.53. The van der Waals surface area contributed by atoms with Gasteiger partial charge in [0.15, 0.2) is 0 Å². The molecule has 15 nitrogen and oxygen atoms in total. The van der Waals surface area contributed by atoms with Gasteiger partial charge in [-0.25, -0.2) is 22.9 Å². The first-order valence-electron chi connectivity index (χ1n) is 16.6. The number of benzene rings is 1. The summed E-state index contributed by atoms with van der Waals surface area (Å²) in [5, 5.41) is 17.4. The largest absolute Gasteiger partial charge is 0.381 e. The average molecular weight is 742 g/mol. The van der Waals surface area contributed by atoms with Crippen LogP contribution in [0.3, 0.4) is 0 Å². The van der Waals surface area contributed by atoms with Crippen molar-refractivity contribution in [1.82, 2.24) is 35.7 Å². The number of aliphatic hydroxyl groups is 1. The summed E-state index contributed by atoms with van der Waals surface area (Å²) in [4.78, 5) is 47.6. The summed E-state index contributed by atoms with van der Waals surface area (Å²) < 4.78 is 83.0. The van der Waals surface area contributed by atoms with Crippen molar-refractivity contribution in [2.45, 2.75) is 55.9 Å². The Kier molecular flexibility index (Phi) is 12.5. The molecule has 1 aromatic heterocycles. The Morgan fingerprint density at radius 1 is 1.18 bits per heavy atom. The number of urea groups is 1. The third kappa shape index (κ3) is 9.72. The van der Waals surface area contributed by atoms with E-state index in [-0.39, 0.29) is 36.8 Å². The van der Waals surface area contributed by atoms with Gasteiger partial charge in [0.05, 0.1) is 17.9 Å². The third-order valence-corrected chi connectivity index (χ3v) is 10.5. The molecule has 2 saturated heterocycles. The average Bonchev–Trinajstić information content (AvgIpc) is 3.81. The van der Waals surface area contributed by atoms with Crippen LogP contribution in [0.2, 0.25) is 0 Å². The van der Waals surface area contributed by atoms with Crippen molar-refractivity contribution in [3.63, 3.8) is 0 Å². The number of H-pyrrole nitrogens is 1. The summed E-state index contributed by atoms with van der Waals surface area (Å²) >= 11 is 0. The van der Waals surface area contributed by atoms with Gasteiger partial charge in [-0.15, -0.1) is 0 Å². The number of imidazole rings is 1. The molecule has 0 radical (unpaired) electrons. The maximum absolute atomic E-state index is 15.0. The van der Waals surface area contributed by atoms with Gasteiger partial charge in [0.1, 0.15) is 35.1 Å². The van der Waals surface area contributed by atoms with E-state index in [9.17, 15) is 45.6 Å². The highest BCUT2D eigenvalue weighted by Gasteiger charge is 2.40. The fraction of sp³-hybridized carbons (Fsp3) is 0.562. The fourth-order valence-electron chi connectivity index (χ4n) is 6.54. The maximum Gasteiger partial charge on any atom is 0.318 e.